The van der Waals surface area contributed by atoms with Crippen molar-refractivity contribution in [3.63, 3.8) is 0 Å². The molecule has 0 saturated carbocycles. The van der Waals surface area contributed by atoms with Crippen molar-refractivity contribution < 1.29 is 0 Å². The van der Waals surface area contributed by atoms with E-state index in [1.165, 1.54) is 0 Å². The maximum Gasteiger partial charge on any atom is 0.243 e. The largest absolute Gasteiger partial charge is 0.357 e. The minimum Gasteiger partial charge on any atom is -0.357 e. The minimum absolute atomic E-state index is 0.168. The van der Waals surface area contributed by atoms with Crippen molar-refractivity contribution in [1.29, 1.82) is 0 Å². The number of rotatable bonds is 1. The smallest absolute Gasteiger partial charge is 0.243 e. The Bertz CT molecular complexity index is 424. The van der Waals surface area contributed by atoms with Gasteiger partial charge in [0.15, 0.2) is 0 Å². The highest BCUT2D eigenvalue weighted by Crippen LogP contribution is 2.16. The zero-order chi connectivity index (χ0) is 9.26. The molecule has 0 aliphatic carbocycles. The van der Waals surface area contributed by atoms with Crippen LogP contribution in [0.25, 0.3) is 11.3 Å². The molecule has 0 saturated heterocycles. The molecule has 13 heavy (non-hydrogen) atoms. The molecular formula is C8H7ClN4. The maximum atomic E-state index is 5.61. The fourth-order valence-electron chi connectivity index (χ4n) is 1.08. The second-order valence-corrected chi connectivity index (χ2v) is 3.01. The quantitative estimate of drug-likeness (QED) is 0.692. The Labute approximate surface area is 80.2 Å². The van der Waals surface area contributed by atoms with Crippen molar-refractivity contribution >= 4 is 11.6 Å². The van der Waals surface area contributed by atoms with Gasteiger partial charge >= 0.3 is 0 Å². The molecule has 2 heterocycles. The van der Waals surface area contributed by atoms with Crippen molar-refractivity contribution in [3.8, 4) is 11.3 Å². The van der Waals surface area contributed by atoms with Crippen molar-refractivity contribution in [3.05, 3.63) is 29.9 Å². The molecule has 66 valence electrons. The Kier molecular flexibility index (Phi) is 1.98. The summed E-state index contributed by atoms with van der Waals surface area (Å²) in [6.07, 6.45) is 5.47. The van der Waals surface area contributed by atoms with Crippen LogP contribution in [0.1, 0.15) is 0 Å². The highest BCUT2D eigenvalue weighted by Gasteiger charge is 2.01. The molecule has 2 rings (SSSR count). The zero-order valence-electron chi connectivity index (χ0n) is 6.98. The first-order valence-corrected chi connectivity index (χ1v) is 4.11. The number of nitrogens with zero attached hydrogens (tertiary/aromatic N) is 4. The number of aryl methyl sites for hydroxylation is 1. The van der Waals surface area contributed by atoms with Crippen molar-refractivity contribution in [2.24, 2.45) is 7.05 Å². The van der Waals surface area contributed by atoms with Crippen LogP contribution in [0.15, 0.2) is 24.7 Å². The molecule has 0 amide bonds. The Morgan fingerprint density at radius 3 is 2.92 bits per heavy atom. The van der Waals surface area contributed by atoms with Crippen LogP contribution in [-0.4, -0.2) is 19.7 Å². The van der Waals surface area contributed by atoms with E-state index in [4.69, 9.17) is 11.6 Å². The maximum absolute atomic E-state index is 5.61. The molecule has 0 aliphatic heterocycles. The predicted octanol–water partition coefficient (Wildman–Crippen LogP) is 1.53. The summed E-state index contributed by atoms with van der Waals surface area (Å²) in [5.74, 6) is 0. The molecule has 0 bridgehead atoms. The SMILES string of the molecule is Cn1ccc(-c2cnnc(Cl)n2)c1. The summed E-state index contributed by atoms with van der Waals surface area (Å²) in [6.45, 7) is 0. The van der Waals surface area contributed by atoms with Gasteiger partial charge in [-0.25, -0.2) is 4.98 Å². The molecule has 0 radical (unpaired) electrons. The molecule has 0 aliphatic rings. The van der Waals surface area contributed by atoms with E-state index >= 15 is 0 Å². The molecule has 0 aromatic carbocycles. The van der Waals surface area contributed by atoms with Crippen molar-refractivity contribution in [2.75, 3.05) is 0 Å². The second kappa shape index (κ2) is 3.14. The third-order valence-electron chi connectivity index (χ3n) is 1.66. The average molecular weight is 195 g/mol. The van der Waals surface area contributed by atoms with Crippen LogP contribution in [0.3, 0.4) is 0 Å². The summed E-state index contributed by atoms with van der Waals surface area (Å²) in [6, 6.07) is 1.94. The van der Waals surface area contributed by atoms with Gasteiger partial charge in [0.1, 0.15) is 0 Å². The highest BCUT2D eigenvalue weighted by molar-refractivity contribution is 6.28. The summed E-state index contributed by atoms with van der Waals surface area (Å²) in [4.78, 5) is 4.04. The van der Waals surface area contributed by atoms with Crippen LogP contribution < -0.4 is 0 Å². The first kappa shape index (κ1) is 8.19. The van der Waals surface area contributed by atoms with E-state index in [1.807, 2.05) is 30.1 Å². The van der Waals surface area contributed by atoms with E-state index in [2.05, 4.69) is 15.2 Å². The summed E-state index contributed by atoms with van der Waals surface area (Å²) < 4.78 is 1.94. The molecule has 2 aromatic rings. The molecule has 2 aromatic heterocycles. The fraction of sp³-hybridized carbons (Fsp3) is 0.125. The lowest BCUT2D eigenvalue weighted by molar-refractivity contribution is 0.926. The molecule has 0 fully saturated rings. The van der Waals surface area contributed by atoms with Crippen molar-refractivity contribution in [1.82, 2.24) is 19.7 Å². The van der Waals surface area contributed by atoms with E-state index in [0.717, 1.165) is 11.3 Å². The summed E-state index contributed by atoms with van der Waals surface area (Å²) in [5, 5.41) is 7.45. The normalized spacial score (nSPS) is 10.3. The number of aromatic nitrogens is 4. The molecule has 0 N–H and O–H groups in total. The van der Waals surface area contributed by atoms with Crippen LogP contribution in [0, 0.1) is 0 Å². The van der Waals surface area contributed by atoms with E-state index in [-0.39, 0.29) is 5.28 Å². The van der Waals surface area contributed by atoms with Gasteiger partial charge in [0.05, 0.1) is 11.9 Å². The van der Waals surface area contributed by atoms with Crippen LogP contribution in [0.2, 0.25) is 5.28 Å². The zero-order valence-corrected chi connectivity index (χ0v) is 7.73. The molecule has 0 spiro atoms. The van der Waals surface area contributed by atoms with E-state index in [0.29, 0.717) is 0 Å². The Balaban J connectivity index is 2.46. The van der Waals surface area contributed by atoms with Gasteiger partial charge in [-0.3, -0.25) is 0 Å². The lowest BCUT2D eigenvalue weighted by Gasteiger charge is -1.94. The monoisotopic (exact) mass is 194 g/mol. The Morgan fingerprint density at radius 1 is 1.46 bits per heavy atom. The first-order valence-electron chi connectivity index (χ1n) is 3.73. The van der Waals surface area contributed by atoms with Gasteiger partial charge in [-0.15, -0.1) is 5.10 Å². The predicted molar refractivity (Wildman–Crippen MR) is 49.2 cm³/mol. The standard InChI is InChI=1S/C8H7ClN4/c1-13-3-2-6(5-13)7-4-10-12-8(9)11-7/h2-5H,1H3. The summed E-state index contributed by atoms with van der Waals surface area (Å²) in [5.41, 5.74) is 1.72. The molecule has 0 unspecified atom stereocenters. The Hall–Kier alpha value is -1.42. The highest BCUT2D eigenvalue weighted by atomic mass is 35.5. The molecule has 5 heteroatoms. The van der Waals surface area contributed by atoms with E-state index < -0.39 is 0 Å². The average Bonchev–Trinajstić information content (AvgIpc) is 2.52. The molecule has 4 nitrogen and oxygen atoms in total. The minimum atomic E-state index is 0.168. The Morgan fingerprint density at radius 2 is 2.31 bits per heavy atom. The third kappa shape index (κ3) is 1.67. The second-order valence-electron chi connectivity index (χ2n) is 2.68. The van der Waals surface area contributed by atoms with E-state index in [9.17, 15) is 0 Å². The van der Waals surface area contributed by atoms with Gasteiger partial charge in [-0.05, 0) is 17.7 Å². The topological polar surface area (TPSA) is 43.6 Å². The summed E-state index contributed by atoms with van der Waals surface area (Å²) in [7, 11) is 1.94. The van der Waals surface area contributed by atoms with Crippen LogP contribution in [0.4, 0.5) is 0 Å². The van der Waals surface area contributed by atoms with Crippen LogP contribution >= 0.6 is 11.6 Å². The van der Waals surface area contributed by atoms with Gasteiger partial charge in [-0.2, -0.15) is 5.10 Å². The van der Waals surface area contributed by atoms with Crippen LogP contribution in [-0.2, 0) is 7.05 Å². The fourth-order valence-corrected chi connectivity index (χ4v) is 1.21. The van der Waals surface area contributed by atoms with Crippen LogP contribution in [0.5, 0.6) is 0 Å². The number of halogens is 1. The molecular weight excluding hydrogens is 188 g/mol. The van der Waals surface area contributed by atoms with Gasteiger partial charge in [0, 0.05) is 25.0 Å². The van der Waals surface area contributed by atoms with E-state index in [1.54, 1.807) is 6.20 Å². The van der Waals surface area contributed by atoms with Crippen molar-refractivity contribution in [2.45, 2.75) is 0 Å². The van der Waals surface area contributed by atoms with Gasteiger partial charge in [-0.1, -0.05) is 0 Å². The van der Waals surface area contributed by atoms with Gasteiger partial charge in [0.25, 0.3) is 0 Å². The first-order chi connectivity index (χ1) is 6.25. The summed E-state index contributed by atoms with van der Waals surface area (Å²) >= 11 is 5.61. The molecule has 0 atom stereocenters. The number of hydrogen-bond donors (Lipinski definition) is 0. The van der Waals surface area contributed by atoms with Gasteiger partial charge < -0.3 is 4.57 Å². The number of hydrogen-bond acceptors (Lipinski definition) is 3. The van der Waals surface area contributed by atoms with Gasteiger partial charge in [0.2, 0.25) is 5.28 Å². The lowest BCUT2D eigenvalue weighted by atomic mass is 10.3. The lowest BCUT2D eigenvalue weighted by Crippen LogP contribution is -1.89. The third-order valence-corrected chi connectivity index (χ3v) is 1.82.